The average molecular weight is 407 g/mol. The molecule has 0 aliphatic heterocycles. The van der Waals surface area contributed by atoms with Crippen molar-refractivity contribution in [2.24, 2.45) is 0 Å². The van der Waals surface area contributed by atoms with Gasteiger partial charge in [0.15, 0.2) is 0 Å². The minimum absolute atomic E-state index is 0. The molecule has 0 unspecified atom stereocenters. The van der Waals surface area contributed by atoms with Crippen LogP contribution in [0.5, 0.6) is 23.0 Å². The van der Waals surface area contributed by atoms with Gasteiger partial charge >= 0.3 is 0 Å². The van der Waals surface area contributed by atoms with Crippen LogP contribution in [0.3, 0.4) is 0 Å². The van der Waals surface area contributed by atoms with E-state index in [1.165, 1.54) is 0 Å². The molecule has 0 saturated heterocycles. The van der Waals surface area contributed by atoms with Crippen molar-refractivity contribution in [3.05, 3.63) is 97.1 Å². The van der Waals surface area contributed by atoms with Crippen molar-refractivity contribution in [1.82, 2.24) is 0 Å². The molecule has 0 atom stereocenters. The fourth-order valence-corrected chi connectivity index (χ4v) is 2.81. The van der Waals surface area contributed by atoms with Crippen molar-refractivity contribution in [2.75, 3.05) is 0 Å². The molecule has 4 aromatic carbocycles. The van der Waals surface area contributed by atoms with Gasteiger partial charge in [-0.2, -0.15) is 13.5 Å². The van der Waals surface area contributed by atoms with Crippen LogP contribution in [0.25, 0.3) is 22.3 Å². The Morgan fingerprint density at radius 2 is 0.483 bits per heavy atom. The second kappa shape index (κ2) is 10.1. The minimum Gasteiger partial charge on any atom is -0.507 e. The van der Waals surface area contributed by atoms with E-state index in [0.29, 0.717) is 22.3 Å². The molecule has 0 amide bonds. The van der Waals surface area contributed by atoms with Crippen LogP contribution in [-0.2, 0) is 0 Å². The number of para-hydroxylation sites is 4. The molecule has 4 aromatic rings. The van der Waals surface area contributed by atoms with Crippen molar-refractivity contribution in [3.8, 4) is 45.3 Å². The van der Waals surface area contributed by atoms with Crippen LogP contribution in [-0.4, -0.2) is 20.4 Å². The summed E-state index contributed by atoms with van der Waals surface area (Å²) in [6.07, 6.45) is 0. The molecule has 0 aliphatic rings. The Balaban J connectivity index is 0.000000200. The molecule has 148 valence electrons. The maximum Gasteiger partial charge on any atom is 0.123 e. The van der Waals surface area contributed by atoms with Crippen LogP contribution in [0.2, 0.25) is 0 Å². The first kappa shape index (κ1) is 21.7. The minimum atomic E-state index is 0. The molecule has 0 radical (unpaired) electrons. The number of benzene rings is 4. The Morgan fingerprint density at radius 3 is 0.655 bits per heavy atom. The van der Waals surface area contributed by atoms with E-state index in [2.05, 4.69) is 0 Å². The number of phenols is 4. The molecule has 4 nitrogen and oxygen atoms in total. The summed E-state index contributed by atoms with van der Waals surface area (Å²) < 4.78 is 0. The Labute approximate surface area is 176 Å². The average Bonchev–Trinajstić information content (AvgIpc) is 2.71. The van der Waals surface area contributed by atoms with E-state index in [9.17, 15) is 20.4 Å². The number of hydrogen-bond acceptors (Lipinski definition) is 4. The molecule has 0 spiro atoms. The molecule has 29 heavy (non-hydrogen) atoms. The molecular formula is C24H22O4S. The van der Waals surface area contributed by atoms with Crippen LogP contribution in [0, 0.1) is 0 Å². The van der Waals surface area contributed by atoms with Crippen molar-refractivity contribution < 1.29 is 20.4 Å². The van der Waals surface area contributed by atoms with E-state index < -0.39 is 0 Å². The van der Waals surface area contributed by atoms with Crippen LogP contribution < -0.4 is 0 Å². The molecule has 5 heteroatoms. The molecule has 0 aromatic heterocycles. The van der Waals surface area contributed by atoms with Gasteiger partial charge in [0.25, 0.3) is 0 Å². The molecule has 4 rings (SSSR count). The van der Waals surface area contributed by atoms with Gasteiger partial charge in [0, 0.05) is 22.3 Å². The monoisotopic (exact) mass is 406 g/mol. The topological polar surface area (TPSA) is 80.9 Å². The van der Waals surface area contributed by atoms with E-state index in [1.807, 2.05) is 24.3 Å². The number of rotatable bonds is 2. The molecule has 0 heterocycles. The van der Waals surface area contributed by atoms with Gasteiger partial charge in [0.1, 0.15) is 23.0 Å². The van der Waals surface area contributed by atoms with Gasteiger partial charge in [0.05, 0.1) is 0 Å². The van der Waals surface area contributed by atoms with Gasteiger partial charge in [-0.15, -0.1) is 0 Å². The molecule has 0 bridgehead atoms. The lowest BCUT2D eigenvalue weighted by atomic mass is 10.0. The zero-order chi connectivity index (χ0) is 19.9. The fraction of sp³-hybridized carbons (Fsp3) is 0. The van der Waals surface area contributed by atoms with Crippen LogP contribution >= 0.6 is 13.5 Å². The third-order valence-corrected chi connectivity index (χ3v) is 4.20. The quantitative estimate of drug-likeness (QED) is 0.347. The third-order valence-electron chi connectivity index (χ3n) is 4.20. The summed E-state index contributed by atoms with van der Waals surface area (Å²) in [6.45, 7) is 0. The van der Waals surface area contributed by atoms with Gasteiger partial charge in [-0.3, -0.25) is 0 Å². The van der Waals surface area contributed by atoms with E-state index >= 15 is 0 Å². The summed E-state index contributed by atoms with van der Waals surface area (Å²) in [5.74, 6) is 0.700. The maximum atomic E-state index is 9.58. The van der Waals surface area contributed by atoms with Crippen molar-refractivity contribution >= 4 is 13.5 Å². The zero-order valence-corrected chi connectivity index (χ0v) is 16.5. The largest absolute Gasteiger partial charge is 0.507 e. The lowest BCUT2D eigenvalue weighted by molar-refractivity contribution is 0.469. The second-order valence-corrected chi connectivity index (χ2v) is 6.07. The van der Waals surface area contributed by atoms with Crippen LogP contribution in [0.15, 0.2) is 97.1 Å². The van der Waals surface area contributed by atoms with Crippen LogP contribution in [0.4, 0.5) is 0 Å². The Morgan fingerprint density at radius 1 is 0.310 bits per heavy atom. The van der Waals surface area contributed by atoms with Crippen molar-refractivity contribution in [2.45, 2.75) is 0 Å². The fourth-order valence-electron chi connectivity index (χ4n) is 2.81. The second-order valence-electron chi connectivity index (χ2n) is 6.07. The Kier molecular flexibility index (Phi) is 7.57. The van der Waals surface area contributed by atoms with Crippen molar-refractivity contribution in [3.63, 3.8) is 0 Å². The third kappa shape index (κ3) is 5.24. The summed E-state index contributed by atoms with van der Waals surface area (Å²) in [7, 11) is 0. The standard InChI is InChI=1S/2C12H10O2.H2S/c2*13-11-7-3-1-5-9(11)10-6-2-4-8-12(10)14;/h2*1-8,13-14H;1H2. The Bertz CT molecular complexity index is 905. The van der Waals surface area contributed by atoms with Crippen LogP contribution in [0.1, 0.15) is 0 Å². The summed E-state index contributed by atoms with van der Waals surface area (Å²) in [4.78, 5) is 0. The molecule has 0 saturated carbocycles. The highest BCUT2D eigenvalue weighted by molar-refractivity contribution is 7.59. The van der Waals surface area contributed by atoms with E-state index in [1.54, 1.807) is 72.8 Å². The maximum absolute atomic E-state index is 9.58. The number of phenolic OH excluding ortho intramolecular Hbond substituents is 4. The summed E-state index contributed by atoms with van der Waals surface area (Å²) in [6, 6.07) is 27.7. The highest BCUT2D eigenvalue weighted by Gasteiger charge is 2.07. The summed E-state index contributed by atoms with van der Waals surface area (Å²) in [5, 5.41) is 38.3. The number of hydrogen-bond donors (Lipinski definition) is 4. The van der Waals surface area contributed by atoms with Gasteiger partial charge < -0.3 is 20.4 Å². The molecule has 0 fully saturated rings. The summed E-state index contributed by atoms with van der Waals surface area (Å²) >= 11 is 0. The predicted molar refractivity (Wildman–Crippen MR) is 121 cm³/mol. The normalized spacial score (nSPS) is 9.66. The van der Waals surface area contributed by atoms with E-state index in [-0.39, 0.29) is 36.5 Å². The van der Waals surface area contributed by atoms with Crippen molar-refractivity contribution in [1.29, 1.82) is 0 Å². The lowest BCUT2D eigenvalue weighted by Gasteiger charge is -2.05. The zero-order valence-electron chi connectivity index (χ0n) is 15.5. The lowest BCUT2D eigenvalue weighted by Crippen LogP contribution is -1.79. The smallest absolute Gasteiger partial charge is 0.123 e. The SMILES string of the molecule is Oc1ccccc1-c1ccccc1O.Oc1ccccc1-c1ccccc1O.S. The van der Waals surface area contributed by atoms with Gasteiger partial charge in [0.2, 0.25) is 0 Å². The first-order chi connectivity index (χ1) is 13.6. The molecule has 4 N–H and O–H groups in total. The number of aromatic hydroxyl groups is 4. The predicted octanol–water partition coefficient (Wildman–Crippen LogP) is 5.64. The summed E-state index contributed by atoms with van der Waals surface area (Å²) in [5.41, 5.74) is 2.58. The van der Waals surface area contributed by atoms with Gasteiger partial charge in [-0.25, -0.2) is 0 Å². The molecular weight excluding hydrogens is 384 g/mol. The molecule has 0 aliphatic carbocycles. The van der Waals surface area contributed by atoms with E-state index in [0.717, 1.165) is 0 Å². The van der Waals surface area contributed by atoms with E-state index in [4.69, 9.17) is 0 Å². The highest BCUT2D eigenvalue weighted by Crippen LogP contribution is 2.35. The van der Waals surface area contributed by atoms with Gasteiger partial charge in [-0.1, -0.05) is 72.8 Å². The highest BCUT2D eigenvalue weighted by atomic mass is 32.1. The first-order valence-corrected chi connectivity index (χ1v) is 8.70. The van der Waals surface area contributed by atoms with Gasteiger partial charge in [-0.05, 0) is 24.3 Å². The first-order valence-electron chi connectivity index (χ1n) is 8.70. The Hall–Kier alpha value is -3.57.